The normalized spacial score (nSPS) is 11.2. The van der Waals surface area contributed by atoms with Gasteiger partial charge in [-0.15, -0.1) is 12.4 Å². The van der Waals surface area contributed by atoms with Gasteiger partial charge in [-0.25, -0.2) is 0 Å². The Kier molecular flexibility index (Phi) is 7.56. The fourth-order valence-electron chi connectivity index (χ4n) is 1.34. The smallest absolute Gasteiger partial charge is 0.273 e. The van der Waals surface area contributed by atoms with Gasteiger partial charge >= 0.3 is 0 Å². The summed E-state index contributed by atoms with van der Waals surface area (Å²) >= 11 is 0. The van der Waals surface area contributed by atoms with Crippen LogP contribution in [0.4, 0.5) is 5.69 Å². The van der Waals surface area contributed by atoms with E-state index in [-0.39, 0.29) is 42.4 Å². The van der Waals surface area contributed by atoms with E-state index in [1.807, 2.05) is 6.92 Å². The number of nitrogens with two attached hydrogens (primary N) is 1. The highest BCUT2D eigenvalue weighted by Gasteiger charge is 2.15. The van der Waals surface area contributed by atoms with Crippen molar-refractivity contribution in [3.05, 3.63) is 34.4 Å². The number of halogens is 1. The highest BCUT2D eigenvalue weighted by atomic mass is 35.5. The number of hydrogen-bond acceptors (Lipinski definition) is 5. The van der Waals surface area contributed by atoms with E-state index in [2.05, 4.69) is 0 Å². The third-order valence-electron chi connectivity index (χ3n) is 2.79. The summed E-state index contributed by atoms with van der Waals surface area (Å²) in [6.07, 6.45) is 0. The number of amides is 1. The molecule has 1 rings (SSSR count). The minimum Gasteiger partial charge on any atom is -0.484 e. The third-order valence-corrected chi connectivity index (χ3v) is 2.79. The molecular weight excluding hydrogens is 286 g/mol. The molecule has 0 aliphatic rings. The van der Waals surface area contributed by atoms with Crippen LogP contribution in [-0.2, 0) is 4.79 Å². The lowest BCUT2D eigenvalue weighted by Crippen LogP contribution is -2.42. The first-order valence-corrected chi connectivity index (χ1v) is 5.78. The second-order valence-electron chi connectivity index (χ2n) is 4.13. The number of nitro benzene ring substituents is 1. The molecule has 0 aromatic heterocycles. The van der Waals surface area contributed by atoms with E-state index in [1.54, 1.807) is 13.1 Å². The molecule has 0 spiro atoms. The van der Waals surface area contributed by atoms with Gasteiger partial charge in [0.25, 0.3) is 11.6 Å². The zero-order chi connectivity index (χ0) is 14.4. The van der Waals surface area contributed by atoms with Crippen LogP contribution in [0.1, 0.15) is 6.92 Å². The Morgan fingerprint density at radius 3 is 2.75 bits per heavy atom. The molecular formula is C12H18ClN3O4. The van der Waals surface area contributed by atoms with E-state index in [9.17, 15) is 14.9 Å². The van der Waals surface area contributed by atoms with Crippen LogP contribution in [0.2, 0.25) is 0 Å². The molecule has 0 saturated carbocycles. The number of ether oxygens (including phenoxy) is 1. The average molecular weight is 304 g/mol. The Morgan fingerprint density at radius 2 is 2.20 bits per heavy atom. The van der Waals surface area contributed by atoms with Crippen LogP contribution in [0.3, 0.4) is 0 Å². The van der Waals surface area contributed by atoms with E-state index in [1.165, 1.54) is 23.1 Å². The van der Waals surface area contributed by atoms with Gasteiger partial charge in [-0.1, -0.05) is 6.07 Å². The molecule has 0 fully saturated rings. The van der Waals surface area contributed by atoms with Crippen molar-refractivity contribution in [3.63, 3.8) is 0 Å². The van der Waals surface area contributed by atoms with Gasteiger partial charge in [0, 0.05) is 25.7 Å². The summed E-state index contributed by atoms with van der Waals surface area (Å²) in [6.45, 7) is 2.01. The van der Waals surface area contributed by atoms with Gasteiger partial charge in [0.1, 0.15) is 5.75 Å². The summed E-state index contributed by atoms with van der Waals surface area (Å²) in [5.74, 6) is 0.0563. The van der Waals surface area contributed by atoms with Crippen LogP contribution < -0.4 is 10.5 Å². The number of likely N-dealkylation sites (N-methyl/N-ethyl adjacent to an activating group) is 1. The number of carbonyl (C=O) groups excluding carboxylic acids is 1. The Morgan fingerprint density at radius 1 is 1.55 bits per heavy atom. The molecule has 8 heteroatoms. The molecule has 7 nitrogen and oxygen atoms in total. The lowest BCUT2D eigenvalue weighted by Gasteiger charge is -2.23. The fourth-order valence-corrected chi connectivity index (χ4v) is 1.34. The monoisotopic (exact) mass is 303 g/mol. The highest BCUT2D eigenvalue weighted by molar-refractivity contribution is 5.85. The Balaban J connectivity index is 0.00000361. The lowest BCUT2D eigenvalue weighted by molar-refractivity contribution is -0.384. The number of nitrogens with zero attached hydrogens (tertiary/aromatic N) is 2. The lowest BCUT2D eigenvalue weighted by atomic mass is 10.3. The molecule has 112 valence electrons. The van der Waals surface area contributed by atoms with Gasteiger partial charge in [0.05, 0.1) is 11.0 Å². The Hall–Kier alpha value is -1.86. The molecule has 0 radical (unpaired) electrons. The van der Waals surface area contributed by atoms with Crippen molar-refractivity contribution in [2.45, 2.75) is 13.0 Å². The van der Waals surface area contributed by atoms with Crippen molar-refractivity contribution < 1.29 is 14.5 Å². The van der Waals surface area contributed by atoms with E-state index >= 15 is 0 Å². The third kappa shape index (κ3) is 5.02. The largest absolute Gasteiger partial charge is 0.484 e. The zero-order valence-electron chi connectivity index (χ0n) is 11.3. The topological polar surface area (TPSA) is 98.7 Å². The predicted octanol–water partition coefficient (Wildman–Crippen LogP) is 1.20. The molecule has 0 saturated heterocycles. The number of nitro groups is 1. The summed E-state index contributed by atoms with van der Waals surface area (Å²) in [6, 6.07) is 5.62. The fraction of sp³-hybridized carbons (Fsp3) is 0.417. The van der Waals surface area contributed by atoms with Crippen molar-refractivity contribution in [2.24, 2.45) is 5.73 Å². The molecule has 2 N–H and O–H groups in total. The number of carbonyl (C=O) groups is 1. The SMILES string of the molecule is CC(CN)N(C)C(=O)COc1cccc([N+](=O)[O-])c1.Cl. The second kappa shape index (κ2) is 8.34. The summed E-state index contributed by atoms with van der Waals surface area (Å²) in [5, 5.41) is 10.6. The molecule has 1 aromatic rings. The van der Waals surface area contributed by atoms with Crippen LogP contribution >= 0.6 is 12.4 Å². The van der Waals surface area contributed by atoms with Crippen LogP contribution in [-0.4, -0.2) is 42.0 Å². The molecule has 0 aliphatic heterocycles. The van der Waals surface area contributed by atoms with Crippen molar-refractivity contribution in [1.82, 2.24) is 4.90 Å². The van der Waals surface area contributed by atoms with Crippen molar-refractivity contribution in [3.8, 4) is 5.75 Å². The number of non-ortho nitro benzene ring substituents is 1. The van der Waals surface area contributed by atoms with Crippen molar-refractivity contribution in [2.75, 3.05) is 20.2 Å². The van der Waals surface area contributed by atoms with Gasteiger partial charge in [0.2, 0.25) is 0 Å². The first kappa shape index (κ1) is 18.1. The summed E-state index contributed by atoms with van der Waals surface area (Å²) in [4.78, 5) is 23.3. The van der Waals surface area contributed by atoms with E-state index in [0.29, 0.717) is 6.54 Å². The average Bonchev–Trinajstić information content (AvgIpc) is 2.43. The van der Waals surface area contributed by atoms with Crippen LogP contribution in [0.15, 0.2) is 24.3 Å². The van der Waals surface area contributed by atoms with E-state index in [4.69, 9.17) is 10.5 Å². The van der Waals surface area contributed by atoms with Gasteiger partial charge < -0.3 is 15.4 Å². The van der Waals surface area contributed by atoms with Crippen LogP contribution in [0, 0.1) is 10.1 Å². The summed E-state index contributed by atoms with van der Waals surface area (Å²) in [7, 11) is 1.64. The number of rotatable bonds is 6. The van der Waals surface area contributed by atoms with Crippen LogP contribution in [0.25, 0.3) is 0 Å². The van der Waals surface area contributed by atoms with Gasteiger partial charge in [-0.3, -0.25) is 14.9 Å². The van der Waals surface area contributed by atoms with Gasteiger partial charge in [-0.2, -0.15) is 0 Å². The molecule has 1 aromatic carbocycles. The second-order valence-corrected chi connectivity index (χ2v) is 4.13. The minimum atomic E-state index is -0.517. The first-order valence-electron chi connectivity index (χ1n) is 5.78. The standard InChI is InChI=1S/C12H17N3O4.ClH/c1-9(7-13)14(2)12(16)8-19-11-5-3-4-10(6-11)15(17)18;/h3-6,9H,7-8,13H2,1-2H3;1H. The van der Waals surface area contributed by atoms with E-state index in [0.717, 1.165) is 0 Å². The molecule has 0 heterocycles. The molecule has 20 heavy (non-hydrogen) atoms. The van der Waals surface area contributed by atoms with E-state index < -0.39 is 4.92 Å². The first-order chi connectivity index (χ1) is 8.95. The van der Waals surface area contributed by atoms with Gasteiger partial charge in [-0.05, 0) is 13.0 Å². The molecule has 0 aliphatic carbocycles. The molecule has 1 atom stereocenters. The Labute approximate surface area is 123 Å². The zero-order valence-corrected chi connectivity index (χ0v) is 12.1. The summed E-state index contributed by atoms with van der Waals surface area (Å²) in [5.41, 5.74) is 5.39. The minimum absolute atomic E-state index is 0. The van der Waals surface area contributed by atoms with Crippen molar-refractivity contribution >= 4 is 24.0 Å². The summed E-state index contributed by atoms with van der Waals surface area (Å²) < 4.78 is 5.24. The highest BCUT2D eigenvalue weighted by Crippen LogP contribution is 2.19. The maximum atomic E-state index is 11.7. The predicted molar refractivity (Wildman–Crippen MR) is 77.1 cm³/mol. The quantitative estimate of drug-likeness (QED) is 0.629. The maximum Gasteiger partial charge on any atom is 0.273 e. The Bertz CT molecular complexity index is 470. The maximum absolute atomic E-state index is 11.7. The number of benzene rings is 1. The van der Waals surface area contributed by atoms with Crippen LogP contribution in [0.5, 0.6) is 5.75 Å². The molecule has 1 amide bonds. The van der Waals surface area contributed by atoms with Crippen molar-refractivity contribution in [1.29, 1.82) is 0 Å². The molecule has 1 unspecified atom stereocenters. The van der Waals surface area contributed by atoms with Gasteiger partial charge in [0.15, 0.2) is 6.61 Å². The number of hydrogen-bond donors (Lipinski definition) is 1. The molecule has 0 bridgehead atoms.